The van der Waals surface area contributed by atoms with Crippen molar-refractivity contribution in [1.29, 1.82) is 0 Å². The second-order valence-electron chi connectivity index (χ2n) is 6.63. The minimum atomic E-state index is 0.646. The predicted octanol–water partition coefficient (Wildman–Crippen LogP) is 7.16. The summed E-state index contributed by atoms with van der Waals surface area (Å²) in [6.07, 6.45) is 5.01. The summed E-state index contributed by atoms with van der Waals surface area (Å²) < 4.78 is 0. The molecule has 2 aromatic rings. The van der Waals surface area contributed by atoms with Gasteiger partial charge >= 0.3 is 0 Å². The molecule has 0 saturated heterocycles. The van der Waals surface area contributed by atoms with Gasteiger partial charge in [-0.05, 0) is 46.9 Å². The lowest BCUT2D eigenvalue weighted by Gasteiger charge is -2.14. The van der Waals surface area contributed by atoms with Crippen molar-refractivity contribution in [2.24, 2.45) is 0 Å². The van der Waals surface area contributed by atoms with Crippen molar-refractivity contribution in [3.05, 3.63) is 59.7 Å². The van der Waals surface area contributed by atoms with E-state index in [0.717, 1.165) is 0 Å². The van der Waals surface area contributed by atoms with Gasteiger partial charge in [-0.3, -0.25) is 0 Å². The van der Waals surface area contributed by atoms with Gasteiger partial charge in [-0.1, -0.05) is 89.1 Å². The molecule has 0 aliphatic carbocycles. The van der Waals surface area contributed by atoms with E-state index in [2.05, 4.69) is 76.2 Å². The zero-order chi connectivity index (χ0) is 15.9. The van der Waals surface area contributed by atoms with Crippen molar-refractivity contribution < 1.29 is 0 Å². The molecule has 2 atom stereocenters. The predicted molar refractivity (Wildman–Crippen MR) is 98.5 cm³/mol. The first-order valence-corrected chi connectivity index (χ1v) is 8.86. The quantitative estimate of drug-likeness (QED) is 0.508. The fourth-order valence-electron chi connectivity index (χ4n) is 3.25. The molecule has 22 heavy (non-hydrogen) atoms. The van der Waals surface area contributed by atoms with E-state index in [1.54, 1.807) is 0 Å². The van der Waals surface area contributed by atoms with Gasteiger partial charge in [0.05, 0.1) is 0 Å². The topological polar surface area (TPSA) is 0 Å². The molecule has 0 N–H and O–H groups in total. The number of hydrogen-bond acceptors (Lipinski definition) is 0. The maximum atomic E-state index is 2.38. The van der Waals surface area contributed by atoms with Crippen LogP contribution in [0, 0.1) is 0 Å². The normalized spacial score (nSPS) is 13.8. The molecule has 2 rings (SSSR count). The highest BCUT2D eigenvalue weighted by molar-refractivity contribution is 5.65. The first-order chi connectivity index (χ1) is 10.7. The van der Waals surface area contributed by atoms with Crippen LogP contribution in [0.4, 0.5) is 0 Å². The van der Waals surface area contributed by atoms with Crippen molar-refractivity contribution in [1.82, 2.24) is 0 Å². The molecule has 0 heteroatoms. The molecular weight excluding hydrogens is 264 g/mol. The maximum Gasteiger partial charge on any atom is -0.0181 e. The second kappa shape index (κ2) is 8.17. The molecule has 0 radical (unpaired) electrons. The van der Waals surface area contributed by atoms with Gasteiger partial charge in [-0.2, -0.15) is 0 Å². The van der Waals surface area contributed by atoms with Gasteiger partial charge in [0.1, 0.15) is 0 Å². The maximum absolute atomic E-state index is 2.38. The van der Waals surface area contributed by atoms with E-state index in [4.69, 9.17) is 0 Å². The van der Waals surface area contributed by atoms with Crippen LogP contribution in [0.5, 0.6) is 0 Å². The van der Waals surface area contributed by atoms with E-state index in [1.807, 2.05) is 0 Å². The largest absolute Gasteiger partial charge is 0.0654 e. The third-order valence-electron chi connectivity index (χ3n) is 4.69. The second-order valence-corrected chi connectivity index (χ2v) is 6.63. The molecule has 0 aromatic heterocycles. The Morgan fingerprint density at radius 3 is 1.45 bits per heavy atom. The summed E-state index contributed by atoms with van der Waals surface area (Å²) >= 11 is 0. The van der Waals surface area contributed by atoms with Gasteiger partial charge in [0.25, 0.3) is 0 Å². The van der Waals surface area contributed by atoms with E-state index in [0.29, 0.717) is 11.8 Å². The first-order valence-electron chi connectivity index (χ1n) is 8.86. The van der Waals surface area contributed by atoms with E-state index >= 15 is 0 Å². The van der Waals surface area contributed by atoms with Crippen LogP contribution in [0.3, 0.4) is 0 Å². The van der Waals surface area contributed by atoms with Gasteiger partial charge < -0.3 is 0 Å². The van der Waals surface area contributed by atoms with Crippen LogP contribution < -0.4 is 0 Å². The van der Waals surface area contributed by atoms with E-state index in [1.165, 1.54) is 47.9 Å². The molecule has 0 nitrogen and oxygen atoms in total. The monoisotopic (exact) mass is 294 g/mol. The third-order valence-corrected chi connectivity index (χ3v) is 4.69. The van der Waals surface area contributed by atoms with Crippen LogP contribution in [0.2, 0.25) is 0 Å². The summed E-state index contributed by atoms with van der Waals surface area (Å²) in [5, 5.41) is 0. The lowest BCUT2D eigenvalue weighted by molar-refractivity contribution is 0.664. The highest BCUT2D eigenvalue weighted by atomic mass is 14.1. The van der Waals surface area contributed by atoms with Gasteiger partial charge in [0.15, 0.2) is 0 Å². The molecule has 0 aliphatic heterocycles. The zero-order valence-corrected chi connectivity index (χ0v) is 14.6. The Kier molecular flexibility index (Phi) is 6.24. The summed E-state index contributed by atoms with van der Waals surface area (Å²) in [7, 11) is 0. The fraction of sp³-hybridized carbons (Fsp3) is 0.455. The Balaban J connectivity index is 2.28. The molecule has 0 spiro atoms. The van der Waals surface area contributed by atoms with Crippen LogP contribution in [0.1, 0.15) is 76.3 Å². The molecule has 118 valence electrons. The Morgan fingerprint density at radius 1 is 0.682 bits per heavy atom. The molecule has 0 amide bonds. The first kappa shape index (κ1) is 16.8. The third kappa shape index (κ3) is 4.22. The summed E-state index contributed by atoms with van der Waals surface area (Å²) in [6, 6.07) is 18.2. The van der Waals surface area contributed by atoms with Crippen molar-refractivity contribution in [2.45, 2.75) is 65.2 Å². The molecule has 0 bridgehead atoms. The molecule has 0 aliphatic rings. The molecule has 2 aromatic carbocycles. The van der Waals surface area contributed by atoms with E-state index < -0.39 is 0 Å². The Bertz CT molecular complexity index is 529. The molecule has 0 saturated carbocycles. The van der Waals surface area contributed by atoms with Crippen LogP contribution in [-0.4, -0.2) is 0 Å². The van der Waals surface area contributed by atoms with Crippen molar-refractivity contribution >= 4 is 0 Å². The summed E-state index contributed by atoms with van der Waals surface area (Å²) in [6.45, 7) is 9.20. The summed E-state index contributed by atoms with van der Waals surface area (Å²) in [5.74, 6) is 1.29. The van der Waals surface area contributed by atoms with Gasteiger partial charge in [-0.25, -0.2) is 0 Å². The van der Waals surface area contributed by atoms with Crippen LogP contribution in [0.15, 0.2) is 48.5 Å². The average Bonchev–Trinajstić information content (AvgIpc) is 2.55. The van der Waals surface area contributed by atoms with Gasteiger partial charge in [0.2, 0.25) is 0 Å². The fourth-order valence-corrected chi connectivity index (χ4v) is 3.25. The number of rotatable bonds is 7. The Hall–Kier alpha value is -1.56. The highest BCUT2D eigenvalue weighted by Gasteiger charge is 2.08. The number of benzene rings is 2. The molecule has 0 heterocycles. The Labute approximate surface area is 136 Å². The average molecular weight is 294 g/mol. The van der Waals surface area contributed by atoms with Crippen LogP contribution >= 0.6 is 0 Å². The minimum absolute atomic E-state index is 0.646. The van der Waals surface area contributed by atoms with Gasteiger partial charge in [0, 0.05) is 0 Å². The lowest BCUT2D eigenvalue weighted by Crippen LogP contribution is -1.95. The molecule has 0 fully saturated rings. The number of hydrogen-bond donors (Lipinski definition) is 0. The van der Waals surface area contributed by atoms with Crippen molar-refractivity contribution in [3.63, 3.8) is 0 Å². The summed E-state index contributed by atoms with van der Waals surface area (Å²) in [5.41, 5.74) is 5.63. The van der Waals surface area contributed by atoms with Crippen LogP contribution in [-0.2, 0) is 0 Å². The lowest BCUT2D eigenvalue weighted by atomic mass is 9.91. The van der Waals surface area contributed by atoms with E-state index in [-0.39, 0.29) is 0 Å². The zero-order valence-electron chi connectivity index (χ0n) is 14.6. The summed E-state index contributed by atoms with van der Waals surface area (Å²) in [4.78, 5) is 0. The van der Waals surface area contributed by atoms with Crippen molar-refractivity contribution in [2.75, 3.05) is 0 Å². The standard InChI is InChI=1S/C22H30/c1-5-9-17(3)19-11-7-13-21(15-19)22-14-8-12-20(16-22)18(4)10-6-2/h7-8,11-18H,5-6,9-10H2,1-4H3. The molecular formula is C22H30. The SMILES string of the molecule is CCCC(C)c1cccc(-c2cccc(C(C)CCC)c2)c1. The van der Waals surface area contributed by atoms with Gasteiger partial charge in [-0.15, -0.1) is 0 Å². The Morgan fingerprint density at radius 2 is 1.09 bits per heavy atom. The van der Waals surface area contributed by atoms with E-state index in [9.17, 15) is 0 Å². The minimum Gasteiger partial charge on any atom is -0.0654 e. The smallest absolute Gasteiger partial charge is 0.0181 e. The molecule has 2 unspecified atom stereocenters. The highest BCUT2D eigenvalue weighted by Crippen LogP contribution is 2.29. The van der Waals surface area contributed by atoms with Crippen molar-refractivity contribution in [3.8, 4) is 11.1 Å². The van der Waals surface area contributed by atoms with Crippen LogP contribution in [0.25, 0.3) is 11.1 Å².